The Hall–Kier alpha value is -4.94. The summed E-state index contributed by atoms with van der Waals surface area (Å²) >= 11 is 0. The number of pyridine rings is 1. The lowest BCUT2D eigenvalue weighted by Gasteiger charge is -2.28. The van der Waals surface area contributed by atoms with Gasteiger partial charge in [-0.3, -0.25) is 14.4 Å². The highest BCUT2D eigenvalue weighted by atomic mass is 19.4. The number of anilines is 1. The molecule has 43 heavy (non-hydrogen) atoms. The molecule has 3 aromatic rings. The third-order valence-electron chi connectivity index (χ3n) is 5.92. The first-order valence-electron chi connectivity index (χ1n) is 13.1. The van der Waals surface area contributed by atoms with E-state index in [0.717, 1.165) is 16.9 Å². The Bertz CT molecular complexity index is 1350. The van der Waals surface area contributed by atoms with E-state index in [1.165, 1.54) is 0 Å². The summed E-state index contributed by atoms with van der Waals surface area (Å²) in [5.41, 5.74) is 1.49. The number of aliphatic carboxylic acids is 2. The third kappa shape index (κ3) is 12.2. The summed E-state index contributed by atoms with van der Waals surface area (Å²) in [6.07, 6.45) is -2.88. The van der Waals surface area contributed by atoms with E-state index in [1.807, 2.05) is 72.8 Å². The van der Waals surface area contributed by atoms with Crippen molar-refractivity contribution >= 4 is 29.6 Å². The molecule has 10 nitrogen and oxygen atoms in total. The maximum absolute atomic E-state index is 13.0. The normalized spacial score (nSPS) is 11.7. The number of benzene rings is 2. The third-order valence-corrected chi connectivity index (χ3v) is 5.92. The lowest BCUT2D eigenvalue weighted by atomic mass is 9.97. The number of nitrogens with one attached hydrogen (secondary N) is 3. The molecule has 1 aromatic heterocycles. The molecule has 3 rings (SSSR count). The van der Waals surface area contributed by atoms with Crippen LogP contribution in [-0.2, 0) is 19.2 Å². The zero-order valence-electron chi connectivity index (χ0n) is 23.5. The number of carbonyl (C=O) groups is 4. The molecule has 0 saturated carbocycles. The first-order valence-corrected chi connectivity index (χ1v) is 13.1. The molecule has 0 fully saturated rings. The van der Waals surface area contributed by atoms with Gasteiger partial charge in [-0.05, 0) is 49.1 Å². The van der Waals surface area contributed by atoms with Crippen LogP contribution in [0.15, 0.2) is 79.0 Å². The average Bonchev–Trinajstić information content (AvgIpc) is 2.95. The van der Waals surface area contributed by atoms with Gasteiger partial charge in [0.1, 0.15) is 11.4 Å². The van der Waals surface area contributed by atoms with Gasteiger partial charge in [0.05, 0.1) is 12.5 Å². The Morgan fingerprint density at radius 3 is 1.98 bits per heavy atom. The van der Waals surface area contributed by atoms with Crippen molar-refractivity contribution < 1.29 is 42.6 Å². The number of carboxylic acids is 2. The van der Waals surface area contributed by atoms with E-state index in [0.29, 0.717) is 18.5 Å². The summed E-state index contributed by atoms with van der Waals surface area (Å²) in [6, 6.07) is 22.1. The van der Waals surface area contributed by atoms with Crippen molar-refractivity contribution in [3.63, 3.8) is 0 Å². The predicted octanol–water partition coefficient (Wildman–Crippen LogP) is 4.80. The van der Waals surface area contributed by atoms with Crippen LogP contribution in [0.2, 0.25) is 0 Å². The van der Waals surface area contributed by atoms with E-state index in [4.69, 9.17) is 9.90 Å². The number of hydrogen-bond acceptors (Lipinski definition) is 6. The monoisotopic (exact) mass is 602 g/mol. The fraction of sp³-hybridized carbons (Fsp3) is 0.300. The van der Waals surface area contributed by atoms with E-state index in [9.17, 15) is 32.7 Å². The number of aromatic nitrogens is 1. The van der Waals surface area contributed by atoms with Crippen LogP contribution in [0.4, 0.5) is 19.0 Å². The minimum absolute atomic E-state index is 0.232. The Labute approximate surface area is 246 Å². The number of amides is 2. The molecule has 0 aliphatic carbocycles. The number of carbonyl (C=O) groups excluding carboxylic acids is 2. The Kier molecular flexibility index (Phi) is 12.7. The molecule has 5 N–H and O–H groups in total. The van der Waals surface area contributed by atoms with E-state index >= 15 is 0 Å². The SMILES string of the molecule is CC(C)(NC(=O)CCCNc1ccccn1)C(=O)NC(CC(=O)O)c1ccc(-c2ccccc2)cc1.O=C(O)C(F)(F)F. The second kappa shape index (κ2) is 15.9. The van der Waals surface area contributed by atoms with Crippen LogP contribution in [0.25, 0.3) is 11.1 Å². The van der Waals surface area contributed by atoms with Gasteiger partial charge < -0.3 is 26.2 Å². The minimum Gasteiger partial charge on any atom is -0.481 e. The van der Waals surface area contributed by atoms with Crippen LogP contribution in [0.3, 0.4) is 0 Å². The lowest BCUT2D eigenvalue weighted by molar-refractivity contribution is -0.192. The molecule has 2 amide bonds. The van der Waals surface area contributed by atoms with Crippen LogP contribution in [0.5, 0.6) is 0 Å². The number of halogens is 3. The molecule has 1 unspecified atom stereocenters. The van der Waals surface area contributed by atoms with E-state index in [-0.39, 0.29) is 18.7 Å². The average molecular weight is 603 g/mol. The summed E-state index contributed by atoms with van der Waals surface area (Å²) in [7, 11) is 0. The zero-order valence-corrected chi connectivity index (χ0v) is 23.5. The Morgan fingerprint density at radius 2 is 1.44 bits per heavy atom. The molecule has 13 heteroatoms. The van der Waals surface area contributed by atoms with Gasteiger partial charge >= 0.3 is 18.1 Å². The number of hydrogen-bond donors (Lipinski definition) is 5. The number of nitrogens with zero attached hydrogens (tertiary/aromatic N) is 1. The molecule has 1 atom stereocenters. The smallest absolute Gasteiger partial charge is 0.481 e. The van der Waals surface area contributed by atoms with E-state index in [1.54, 1.807) is 20.0 Å². The van der Waals surface area contributed by atoms with Crippen molar-refractivity contribution in [2.24, 2.45) is 0 Å². The van der Waals surface area contributed by atoms with E-state index in [2.05, 4.69) is 20.9 Å². The van der Waals surface area contributed by atoms with Gasteiger partial charge in [-0.2, -0.15) is 13.2 Å². The van der Waals surface area contributed by atoms with Crippen LogP contribution in [0, 0.1) is 0 Å². The summed E-state index contributed by atoms with van der Waals surface area (Å²) in [6.45, 7) is 3.77. The summed E-state index contributed by atoms with van der Waals surface area (Å²) < 4.78 is 31.7. The van der Waals surface area contributed by atoms with Crippen LogP contribution in [-0.4, -0.2) is 57.2 Å². The largest absolute Gasteiger partial charge is 0.490 e. The van der Waals surface area contributed by atoms with Crippen molar-refractivity contribution in [1.29, 1.82) is 0 Å². The fourth-order valence-corrected chi connectivity index (χ4v) is 3.70. The zero-order chi connectivity index (χ0) is 32.0. The summed E-state index contributed by atoms with van der Waals surface area (Å²) in [5, 5.41) is 25.2. The standard InChI is InChI=1S/C28H32N4O4.C2HF3O2/c1-28(2,32-25(33)12-8-18-30-24-11-6-7-17-29-24)27(36)31-23(19-26(34)35)22-15-13-21(14-16-22)20-9-4-3-5-10-20;3-2(4,5)1(6)7/h3-7,9-11,13-17,23H,8,12,18-19H2,1-2H3,(H,29,30)(H,31,36)(H,32,33)(H,34,35);(H,6,7). The molecule has 0 saturated heterocycles. The van der Waals surface area contributed by atoms with Crippen molar-refractivity contribution in [2.45, 2.75) is 50.9 Å². The molecule has 230 valence electrons. The van der Waals surface area contributed by atoms with Crippen molar-refractivity contribution in [1.82, 2.24) is 15.6 Å². The quantitative estimate of drug-likeness (QED) is 0.185. The van der Waals surface area contributed by atoms with Gasteiger partial charge in [-0.1, -0.05) is 60.7 Å². The van der Waals surface area contributed by atoms with Crippen LogP contribution in [0.1, 0.15) is 44.7 Å². The number of carboxylic acid groups (broad SMARTS) is 2. The molecule has 0 aliphatic heterocycles. The van der Waals surface area contributed by atoms with Crippen LogP contribution >= 0.6 is 0 Å². The maximum Gasteiger partial charge on any atom is 0.490 e. The minimum atomic E-state index is -5.08. The Morgan fingerprint density at radius 1 is 0.860 bits per heavy atom. The summed E-state index contributed by atoms with van der Waals surface area (Å²) in [5.74, 6) is -3.78. The van der Waals surface area contributed by atoms with Gasteiger partial charge in [0.2, 0.25) is 11.8 Å². The highest BCUT2D eigenvalue weighted by molar-refractivity contribution is 5.91. The predicted molar refractivity (Wildman–Crippen MR) is 153 cm³/mol. The molecular weight excluding hydrogens is 569 g/mol. The molecular formula is C30H33F3N4O6. The first-order chi connectivity index (χ1) is 20.2. The molecule has 2 aromatic carbocycles. The molecule has 0 aliphatic rings. The lowest BCUT2D eigenvalue weighted by Crippen LogP contribution is -2.55. The van der Waals surface area contributed by atoms with Gasteiger partial charge in [0.25, 0.3) is 0 Å². The van der Waals surface area contributed by atoms with Gasteiger partial charge in [0.15, 0.2) is 0 Å². The molecule has 0 bridgehead atoms. The van der Waals surface area contributed by atoms with Crippen molar-refractivity contribution in [3.05, 3.63) is 84.6 Å². The van der Waals surface area contributed by atoms with Gasteiger partial charge in [-0.15, -0.1) is 0 Å². The maximum atomic E-state index is 13.0. The van der Waals surface area contributed by atoms with Gasteiger partial charge in [0, 0.05) is 19.2 Å². The highest BCUT2D eigenvalue weighted by Gasteiger charge is 2.38. The van der Waals surface area contributed by atoms with Gasteiger partial charge in [-0.25, -0.2) is 9.78 Å². The van der Waals surface area contributed by atoms with Crippen LogP contribution < -0.4 is 16.0 Å². The number of alkyl halides is 3. The van der Waals surface area contributed by atoms with Crippen molar-refractivity contribution in [3.8, 4) is 11.1 Å². The molecule has 0 spiro atoms. The summed E-state index contributed by atoms with van der Waals surface area (Å²) in [4.78, 5) is 50.0. The second-order valence-electron chi connectivity index (χ2n) is 9.83. The first kappa shape index (κ1) is 34.3. The van der Waals surface area contributed by atoms with Crippen molar-refractivity contribution in [2.75, 3.05) is 11.9 Å². The van der Waals surface area contributed by atoms with E-state index < -0.39 is 35.6 Å². The topological polar surface area (TPSA) is 158 Å². The number of rotatable bonds is 12. The molecule has 0 radical (unpaired) electrons. The fourth-order valence-electron chi connectivity index (χ4n) is 3.70. The molecule has 1 heterocycles. The second-order valence-corrected chi connectivity index (χ2v) is 9.83. The Balaban J connectivity index is 0.000000821. The highest BCUT2D eigenvalue weighted by Crippen LogP contribution is 2.24.